The minimum atomic E-state index is -0.200. The summed E-state index contributed by atoms with van der Waals surface area (Å²) >= 11 is 0. The van der Waals surface area contributed by atoms with Gasteiger partial charge in [-0.3, -0.25) is 4.79 Å². The molecule has 2 rings (SSSR count). The van der Waals surface area contributed by atoms with E-state index in [1.165, 1.54) is 5.56 Å². The zero-order valence-corrected chi connectivity index (χ0v) is 12.6. The number of hydrazone groups is 1. The molecule has 1 N–H and O–H groups in total. The summed E-state index contributed by atoms with van der Waals surface area (Å²) in [5.41, 5.74) is 6.50. The molecule has 2 aromatic carbocycles. The lowest BCUT2D eigenvalue weighted by Gasteiger charge is -2.05. The van der Waals surface area contributed by atoms with Gasteiger partial charge < -0.3 is 0 Å². The summed E-state index contributed by atoms with van der Waals surface area (Å²) in [6.45, 7) is 6.27. The summed E-state index contributed by atoms with van der Waals surface area (Å²) < 4.78 is 0. The van der Waals surface area contributed by atoms with Crippen molar-refractivity contribution in [3.63, 3.8) is 0 Å². The molecule has 0 unspecified atom stereocenters. The highest BCUT2D eigenvalue weighted by Gasteiger charge is 2.05. The highest BCUT2D eigenvalue weighted by Crippen LogP contribution is 2.14. The van der Waals surface area contributed by atoms with Crippen LogP contribution in [-0.4, -0.2) is 12.1 Å². The second-order valence-corrected chi connectivity index (χ2v) is 5.39. The fourth-order valence-corrected chi connectivity index (χ4v) is 2.00. The molecule has 108 valence electrons. The molecule has 3 heteroatoms. The van der Waals surface area contributed by atoms with Crippen molar-refractivity contribution < 1.29 is 4.79 Å². The Morgan fingerprint density at radius 3 is 2.48 bits per heavy atom. The van der Waals surface area contributed by atoms with Gasteiger partial charge in [0.2, 0.25) is 0 Å². The number of amides is 1. The van der Waals surface area contributed by atoms with Gasteiger partial charge in [-0.25, -0.2) is 5.43 Å². The Balaban J connectivity index is 1.98. The zero-order chi connectivity index (χ0) is 15.2. The van der Waals surface area contributed by atoms with Gasteiger partial charge in [0.1, 0.15) is 0 Å². The second-order valence-electron chi connectivity index (χ2n) is 5.39. The fourth-order valence-electron chi connectivity index (χ4n) is 2.00. The Hall–Kier alpha value is -2.42. The first-order valence-electron chi connectivity index (χ1n) is 7.06. The maximum atomic E-state index is 12.0. The molecule has 1 amide bonds. The van der Waals surface area contributed by atoms with Gasteiger partial charge in [0, 0.05) is 5.56 Å². The molecule has 2 aromatic rings. The van der Waals surface area contributed by atoms with Gasteiger partial charge in [0.25, 0.3) is 5.91 Å². The molecular formula is C18H20N2O. The Labute approximate surface area is 125 Å². The van der Waals surface area contributed by atoms with Gasteiger partial charge in [-0.15, -0.1) is 0 Å². The molecule has 0 aromatic heterocycles. The Bertz CT molecular complexity index is 643. The van der Waals surface area contributed by atoms with E-state index in [9.17, 15) is 4.79 Å². The number of nitrogens with zero attached hydrogens (tertiary/aromatic N) is 1. The van der Waals surface area contributed by atoms with Crippen LogP contribution >= 0.6 is 0 Å². The molecule has 0 atom stereocenters. The van der Waals surface area contributed by atoms with Crippen LogP contribution in [0.4, 0.5) is 0 Å². The van der Waals surface area contributed by atoms with E-state index in [0.29, 0.717) is 11.5 Å². The van der Waals surface area contributed by atoms with E-state index in [-0.39, 0.29) is 5.91 Å². The van der Waals surface area contributed by atoms with E-state index < -0.39 is 0 Å². The van der Waals surface area contributed by atoms with Crippen LogP contribution < -0.4 is 5.43 Å². The molecule has 0 aliphatic carbocycles. The lowest BCUT2D eigenvalue weighted by molar-refractivity contribution is 0.0955. The van der Waals surface area contributed by atoms with Crippen molar-refractivity contribution in [2.75, 3.05) is 0 Å². The summed E-state index contributed by atoms with van der Waals surface area (Å²) in [7, 11) is 0. The third-order valence-electron chi connectivity index (χ3n) is 3.26. The third kappa shape index (κ3) is 4.28. The maximum Gasteiger partial charge on any atom is 0.271 e. The van der Waals surface area contributed by atoms with E-state index in [1.54, 1.807) is 6.21 Å². The lowest BCUT2D eigenvalue weighted by Crippen LogP contribution is -2.17. The normalized spacial score (nSPS) is 11.0. The van der Waals surface area contributed by atoms with E-state index in [1.807, 2.05) is 55.5 Å². The smallest absolute Gasteiger partial charge is 0.267 e. The van der Waals surface area contributed by atoms with Gasteiger partial charge in [0.15, 0.2) is 0 Å². The standard InChI is InChI=1S/C18H20N2O/c1-13(2)16-7-9-17(10-8-16)18(21)20-19-12-15-6-4-5-14(3)11-15/h4-13H,1-3H3,(H,20,21)/b19-12+. The highest BCUT2D eigenvalue weighted by atomic mass is 16.2. The van der Waals surface area contributed by atoms with Crippen LogP contribution in [0.5, 0.6) is 0 Å². The molecule has 3 nitrogen and oxygen atoms in total. The van der Waals surface area contributed by atoms with Gasteiger partial charge in [-0.1, -0.05) is 55.8 Å². The van der Waals surface area contributed by atoms with E-state index in [2.05, 4.69) is 24.4 Å². The average Bonchev–Trinajstić information content (AvgIpc) is 2.47. The molecule has 0 aliphatic heterocycles. The number of hydrogen-bond donors (Lipinski definition) is 1. The van der Waals surface area contributed by atoms with Gasteiger partial charge in [-0.05, 0) is 36.1 Å². The summed E-state index contributed by atoms with van der Waals surface area (Å²) in [6.07, 6.45) is 1.65. The van der Waals surface area contributed by atoms with Crippen molar-refractivity contribution in [2.45, 2.75) is 26.7 Å². The number of benzene rings is 2. The third-order valence-corrected chi connectivity index (χ3v) is 3.26. The van der Waals surface area contributed by atoms with Crippen LogP contribution in [0.3, 0.4) is 0 Å². The van der Waals surface area contributed by atoms with Gasteiger partial charge in [0.05, 0.1) is 6.21 Å². The lowest BCUT2D eigenvalue weighted by atomic mass is 10.0. The quantitative estimate of drug-likeness (QED) is 0.670. The van der Waals surface area contributed by atoms with Crippen molar-refractivity contribution in [1.29, 1.82) is 0 Å². The van der Waals surface area contributed by atoms with E-state index in [0.717, 1.165) is 11.1 Å². The summed E-state index contributed by atoms with van der Waals surface area (Å²) in [5.74, 6) is 0.260. The number of nitrogens with one attached hydrogen (secondary N) is 1. The zero-order valence-electron chi connectivity index (χ0n) is 12.6. The predicted molar refractivity (Wildman–Crippen MR) is 86.8 cm³/mol. The molecule has 0 heterocycles. The number of aryl methyl sites for hydroxylation is 1. The highest BCUT2D eigenvalue weighted by molar-refractivity contribution is 5.94. The monoisotopic (exact) mass is 280 g/mol. The summed E-state index contributed by atoms with van der Waals surface area (Å²) in [4.78, 5) is 12.0. The van der Waals surface area contributed by atoms with Crippen LogP contribution in [0.2, 0.25) is 0 Å². The fraction of sp³-hybridized carbons (Fsp3) is 0.222. The molecular weight excluding hydrogens is 260 g/mol. The van der Waals surface area contributed by atoms with Crippen LogP contribution in [0.1, 0.15) is 46.8 Å². The van der Waals surface area contributed by atoms with Gasteiger partial charge >= 0.3 is 0 Å². The minimum Gasteiger partial charge on any atom is -0.267 e. The first-order valence-corrected chi connectivity index (χ1v) is 7.06. The molecule has 0 aliphatic rings. The number of rotatable bonds is 4. The maximum absolute atomic E-state index is 12.0. The molecule has 0 radical (unpaired) electrons. The van der Waals surface area contributed by atoms with Crippen LogP contribution in [0, 0.1) is 6.92 Å². The molecule has 0 saturated heterocycles. The van der Waals surface area contributed by atoms with Gasteiger partial charge in [-0.2, -0.15) is 5.10 Å². The average molecular weight is 280 g/mol. The van der Waals surface area contributed by atoms with Crippen molar-refractivity contribution in [1.82, 2.24) is 5.43 Å². The Morgan fingerprint density at radius 1 is 1.14 bits per heavy atom. The van der Waals surface area contributed by atoms with Crippen LogP contribution in [-0.2, 0) is 0 Å². The largest absolute Gasteiger partial charge is 0.271 e. The summed E-state index contributed by atoms with van der Waals surface area (Å²) in [5, 5.41) is 3.99. The molecule has 0 saturated carbocycles. The first kappa shape index (κ1) is 15.0. The van der Waals surface area contributed by atoms with Crippen LogP contribution in [0.15, 0.2) is 53.6 Å². The second kappa shape index (κ2) is 6.84. The molecule has 0 fully saturated rings. The minimum absolute atomic E-state index is 0.200. The number of hydrogen-bond acceptors (Lipinski definition) is 2. The Morgan fingerprint density at radius 2 is 1.86 bits per heavy atom. The van der Waals surface area contributed by atoms with Crippen molar-refractivity contribution in [3.8, 4) is 0 Å². The number of carbonyl (C=O) groups is 1. The first-order chi connectivity index (χ1) is 10.1. The van der Waals surface area contributed by atoms with E-state index >= 15 is 0 Å². The topological polar surface area (TPSA) is 41.5 Å². The molecule has 0 spiro atoms. The van der Waals surface area contributed by atoms with Crippen molar-refractivity contribution in [2.24, 2.45) is 5.10 Å². The predicted octanol–water partition coefficient (Wildman–Crippen LogP) is 3.88. The summed E-state index contributed by atoms with van der Waals surface area (Å²) in [6, 6.07) is 15.5. The van der Waals surface area contributed by atoms with Crippen LogP contribution in [0.25, 0.3) is 0 Å². The SMILES string of the molecule is Cc1cccc(/C=N/NC(=O)c2ccc(C(C)C)cc2)c1. The van der Waals surface area contributed by atoms with Crippen molar-refractivity contribution in [3.05, 3.63) is 70.8 Å². The Kier molecular flexibility index (Phi) is 4.88. The molecule has 0 bridgehead atoms. The number of carbonyl (C=O) groups excluding carboxylic acids is 1. The van der Waals surface area contributed by atoms with E-state index in [4.69, 9.17) is 0 Å². The van der Waals surface area contributed by atoms with Crippen molar-refractivity contribution >= 4 is 12.1 Å². The molecule has 21 heavy (non-hydrogen) atoms.